The lowest BCUT2D eigenvalue weighted by Gasteiger charge is -2.15. The maximum atomic E-state index is 13.1. The van der Waals surface area contributed by atoms with Gasteiger partial charge in [0.1, 0.15) is 10.8 Å². The molecule has 6 rings (SSSR count). The number of aromatic nitrogens is 4. The van der Waals surface area contributed by atoms with Crippen molar-refractivity contribution in [3.63, 3.8) is 0 Å². The number of halogens is 1. The number of ether oxygens (including phenoxy) is 1. The molecule has 12 heteroatoms. The molecule has 1 aliphatic heterocycles. The summed E-state index contributed by atoms with van der Waals surface area (Å²) in [4.78, 5) is 59.4. The fraction of sp³-hybridized carbons (Fsp3) is 0.107. The Hall–Kier alpha value is -4.42. The van der Waals surface area contributed by atoms with Gasteiger partial charge in [0.25, 0.3) is 0 Å². The molecule has 2 aromatic heterocycles. The van der Waals surface area contributed by atoms with Gasteiger partial charge in [-0.25, -0.2) is 14.7 Å². The average molecular weight is 616 g/mol. The van der Waals surface area contributed by atoms with Gasteiger partial charge >= 0.3 is 5.97 Å². The van der Waals surface area contributed by atoms with Gasteiger partial charge < -0.3 is 9.72 Å². The van der Waals surface area contributed by atoms with Crippen molar-refractivity contribution >= 4 is 79.0 Å². The molecule has 1 unspecified atom stereocenters. The van der Waals surface area contributed by atoms with Crippen LogP contribution in [0.25, 0.3) is 22.1 Å². The largest absolute Gasteiger partial charge is 0.454 e. The van der Waals surface area contributed by atoms with Crippen LogP contribution in [0.4, 0.5) is 5.69 Å². The number of para-hydroxylation sites is 1. The lowest BCUT2D eigenvalue weighted by molar-refractivity contribution is -0.121. The number of carbonyl (C=O) groups excluding carboxylic acids is 4. The summed E-state index contributed by atoms with van der Waals surface area (Å²) in [6.07, 6.45) is -0.0282. The molecule has 1 atom stereocenters. The highest BCUT2D eigenvalue weighted by molar-refractivity contribution is 9.10. The number of nitrogens with zero attached hydrogens (tertiary/aromatic N) is 4. The minimum Gasteiger partial charge on any atom is -0.454 e. The highest BCUT2D eigenvalue weighted by Gasteiger charge is 2.41. The van der Waals surface area contributed by atoms with E-state index < -0.39 is 23.7 Å². The summed E-state index contributed by atoms with van der Waals surface area (Å²) in [6, 6.07) is 20.2. The molecule has 10 nitrogen and oxygen atoms in total. The Balaban J connectivity index is 1.11. The van der Waals surface area contributed by atoms with Gasteiger partial charge in [-0.3, -0.25) is 14.4 Å². The fourth-order valence-electron chi connectivity index (χ4n) is 4.33. The first-order chi connectivity index (χ1) is 19.4. The number of imide groups is 1. The number of hydrogen-bond donors (Lipinski definition) is 1. The van der Waals surface area contributed by atoms with Crippen LogP contribution in [0, 0.1) is 0 Å². The van der Waals surface area contributed by atoms with E-state index in [1.165, 1.54) is 24.3 Å². The van der Waals surface area contributed by atoms with Crippen LogP contribution in [-0.2, 0) is 14.3 Å². The normalized spacial score (nSPS) is 15.2. The van der Waals surface area contributed by atoms with Gasteiger partial charge in [-0.2, -0.15) is 0 Å². The minimum atomic E-state index is -0.717. The first kappa shape index (κ1) is 25.8. The fourth-order valence-corrected chi connectivity index (χ4v) is 5.51. The van der Waals surface area contributed by atoms with E-state index in [0.717, 1.165) is 32.0 Å². The van der Waals surface area contributed by atoms with Gasteiger partial charge in [-0.05, 0) is 42.5 Å². The molecule has 40 heavy (non-hydrogen) atoms. The predicted molar refractivity (Wildman–Crippen MR) is 151 cm³/mol. The van der Waals surface area contributed by atoms with E-state index in [1.54, 1.807) is 24.3 Å². The van der Waals surface area contributed by atoms with Crippen molar-refractivity contribution in [2.45, 2.75) is 16.8 Å². The van der Waals surface area contributed by atoms with E-state index >= 15 is 0 Å². The lowest BCUT2D eigenvalue weighted by Crippen LogP contribution is -2.31. The number of aromatic amines is 1. The number of thioether (sulfide) groups is 1. The summed E-state index contributed by atoms with van der Waals surface area (Å²) >= 11 is 4.38. The second kappa shape index (κ2) is 10.6. The summed E-state index contributed by atoms with van der Waals surface area (Å²) in [5.74, 6) is -1.82. The number of anilines is 1. The Labute approximate surface area is 239 Å². The van der Waals surface area contributed by atoms with Crippen molar-refractivity contribution in [1.29, 1.82) is 0 Å². The van der Waals surface area contributed by atoms with Crippen molar-refractivity contribution in [1.82, 2.24) is 20.2 Å². The first-order valence-electron chi connectivity index (χ1n) is 12.1. The molecule has 1 fully saturated rings. The van der Waals surface area contributed by atoms with Crippen molar-refractivity contribution in [2.24, 2.45) is 0 Å². The van der Waals surface area contributed by atoms with E-state index in [-0.39, 0.29) is 28.8 Å². The molecule has 1 N–H and O–H groups in total. The zero-order valence-corrected chi connectivity index (χ0v) is 22.9. The van der Waals surface area contributed by atoms with Gasteiger partial charge in [-0.1, -0.05) is 58.0 Å². The number of carbonyl (C=O) groups is 4. The number of nitrogens with one attached hydrogen (secondary N) is 1. The van der Waals surface area contributed by atoms with Crippen LogP contribution in [-0.4, -0.2) is 55.6 Å². The van der Waals surface area contributed by atoms with E-state index in [9.17, 15) is 19.2 Å². The van der Waals surface area contributed by atoms with E-state index in [2.05, 4.69) is 36.1 Å². The molecule has 3 heterocycles. The third-order valence-corrected chi connectivity index (χ3v) is 7.88. The molecular weight excluding hydrogens is 598 g/mol. The number of esters is 1. The number of Topliss-reactive ketones (excluding diaryl/α,β-unsaturated/α-hetero) is 1. The van der Waals surface area contributed by atoms with E-state index in [4.69, 9.17) is 4.74 Å². The summed E-state index contributed by atoms with van der Waals surface area (Å²) < 4.78 is 5.97. The van der Waals surface area contributed by atoms with Crippen LogP contribution in [0.5, 0.6) is 0 Å². The molecule has 0 radical (unpaired) electrons. The number of fused-ring (bicyclic) bond motifs is 3. The Morgan fingerprint density at radius 2 is 1.70 bits per heavy atom. The van der Waals surface area contributed by atoms with Gasteiger partial charge in [-0.15, -0.1) is 10.2 Å². The zero-order chi connectivity index (χ0) is 27.8. The van der Waals surface area contributed by atoms with Crippen LogP contribution < -0.4 is 4.90 Å². The van der Waals surface area contributed by atoms with E-state index in [0.29, 0.717) is 22.4 Å². The molecule has 0 bridgehead atoms. The molecule has 1 saturated heterocycles. The predicted octanol–water partition coefficient (Wildman–Crippen LogP) is 4.73. The topological polar surface area (TPSA) is 135 Å². The standard InChI is InChI=1S/C28H18BrN5O5S/c29-17-9-5-15(6-10-17)21(35)14-39-27(38)16-7-11-18(12-8-16)34-23(36)13-22(26(34)37)40-28-31-25-24(32-33-28)19-3-1-2-4-20(19)30-25/h1-12,22H,13-14H2,(H,30,31,33). The Morgan fingerprint density at radius 1 is 0.975 bits per heavy atom. The molecule has 1 aliphatic rings. The van der Waals surface area contributed by atoms with Crippen LogP contribution >= 0.6 is 27.7 Å². The third kappa shape index (κ3) is 4.98. The van der Waals surface area contributed by atoms with Crippen LogP contribution in [0.1, 0.15) is 27.1 Å². The van der Waals surface area contributed by atoms with Crippen LogP contribution in [0.2, 0.25) is 0 Å². The zero-order valence-electron chi connectivity index (χ0n) is 20.5. The lowest BCUT2D eigenvalue weighted by atomic mass is 10.1. The second-order valence-corrected chi connectivity index (χ2v) is 11.0. The smallest absolute Gasteiger partial charge is 0.338 e. The minimum absolute atomic E-state index is 0.0282. The Morgan fingerprint density at radius 3 is 2.48 bits per heavy atom. The number of hydrogen-bond acceptors (Lipinski definition) is 9. The SMILES string of the molecule is O=C(COC(=O)c1ccc(N2C(=O)CC(Sc3nnc4c(n3)[nH]c3ccccc34)C2=O)cc1)c1ccc(Br)cc1. The number of rotatable bonds is 7. The molecule has 0 aliphatic carbocycles. The van der Waals surface area contributed by atoms with Gasteiger partial charge in [0.2, 0.25) is 17.0 Å². The monoisotopic (exact) mass is 615 g/mol. The highest BCUT2D eigenvalue weighted by Crippen LogP contribution is 2.33. The highest BCUT2D eigenvalue weighted by atomic mass is 79.9. The maximum absolute atomic E-state index is 13.1. The Kier molecular flexibility index (Phi) is 6.86. The molecular formula is C28H18BrN5O5S. The number of ketones is 1. The van der Waals surface area contributed by atoms with Crippen molar-refractivity contribution in [3.8, 4) is 0 Å². The van der Waals surface area contributed by atoms with Gasteiger partial charge in [0, 0.05) is 27.4 Å². The molecule has 5 aromatic rings. The average Bonchev–Trinajstić information content (AvgIpc) is 3.47. The number of amides is 2. The summed E-state index contributed by atoms with van der Waals surface area (Å²) in [5.41, 5.74) is 2.99. The summed E-state index contributed by atoms with van der Waals surface area (Å²) in [7, 11) is 0. The summed E-state index contributed by atoms with van der Waals surface area (Å²) in [5, 5.41) is 8.88. The van der Waals surface area contributed by atoms with Crippen molar-refractivity contribution < 1.29 is 23.9 Å². The van der Waals surface area contributed by atoms with Gasteiger partial charge in [0.15, 0.2) is 18.0 Å². The molecule has 2 amide bonds. The molecule has 0 spiro atoms. The van der Waals surface area contributed by atoms with Crippen LogP contribution in [0.3, 0.4) is 0 Å². The number of H-pyrrole nitrogens is 1. The molecule has 198 valence electrons. The van der Waals surface area contributed by atoms with Crippen molar-refractivity contribution in [2.75, 3.05) is 11.5 Å². The van der Waals surface area contributed by atoms with E-state index in [1.807, 2.05) is 24.3 Å². The Bertz CT molecular complexity index is 1810. The first-order valence-corrected chi connectivity index (χ1v) is 13.8. The van der Waals surface area contributed by atoms with Gasteiger partial charge in [0.05, 0.1) is 11.3 Å². The quantitative estimate of drug-likeness (QED) is 0.156. The molecule has 3 aromatic carbocycles. The van der Waals surface area contributed by atoms with Crippen LogP contribution in [0.15, 0.2) is 82.4 Å². The number of benzene rings is 3. The maximum Gasteiger partial charge on any atom is 0.338 e. The molecule has 0 saturated carbocycles. The van der Waals surface area contributed by atoms with Crippen molar-refractivity contribution in [3.05, 3.63) is 88.4 Å². The second-order valence-electron chi connectivity index (χ2n) is 8.89. The third-order valence-electron chi connectivity index (χ3n) is 6.32. The summed E-state index contributed by atoms with van der Waals surface area (Å²) in [6.45, 7) is -0.411.